The third-order valence-electron chi connectivity index (χ3n) is 5.10. The van der Waals surface area contributed by atoms with E-state index in [-0.39, 0.29) is 36.4 Å². The number of aliphatic imine (C=N–C) groups is 1. The van der Waals surface area contributed by atoms with Gasteiger partial charge in [-0.3, -0.25) is 9.48 Å². The molecule has 7 nitrogen and oxygen atoms in total. The molecule has 0 aliphatic heterocycles. The summed E-state index contributed by atoms with van der Waals surface area (Å²) in [5.74, 6) is 1.46. The summed E-state index contributed by atoms with van der Waals surface area (Å²) in [7, 11) is 3.52. The van der Waals surface area contributed by atoms with Gasteiger partial charge in [0.1, 0.15) is 6.54 Å². The Labute approximate surface area is 186 Å². The Morgan fingerprint density at radius 2 is 1.96 bits per heavy atom. The summed E-state index contributed by atoms with van der Waals surface area (Å²) < 4.78 is 2.04. The van der Waals surface area contributed by atoms with E-state index in [2.05, 4.69) is 33.7 Å². The van der Waals surface area contributed by atoms with E-state index in [1.807, 2.05) is 11.6 Å². The van der Waals surface area contributed by atoms with Crippen LogP contribution in [0.15, 0.2) is 11.1 Å². The summed E-state index contributed by atoms with van der Waals surface area (Å²) in [5, 5.41) is 11.3. The smallest absolute Gasteiger partial charge is 0.243 e. The van der Waals surface area contributed by atoms with Gasteiger partial charge in [0.05, 0.1) is 5.69 Å². The van der Waals surface area contributed by atoms with Gasteiger partial charge in [0.2, 0.25) is 5.91 Å². The molecule has 0 unspecified atom stereocenters. The van der Waals surface area contributed by atoms with Gasteiger partial charge in [-0.25, -0.2) is 4.99 Å². The number of halogens is 1. The predicted molar refractivity (Wildman–Crippen MR) is 125 cm³/mol. The van der Waals surface area contributed by atoms with Crippen LogP contribution in [0.4, 0.5) is 0 Å². The summed E-state index contributed by atoms with van der Waals surface area (Å²) in [6, 6.07) is 2.10. The molecule has 1 aromatic heterocycles. The average Bonchev–Trinajstić information content (AvgIpc) is 2.97. The molecule has 2 N–H and O–H groups in total. The van der Waals surface area contributed by atoms with Crippen LogP contribution in [-0.2, 0) is 11.3 Å². The molecule has 0 spiro atoms. The second-order valence-electron chi connectivity index (χ2n) is 7.77. The standard InChI is InChI=1S/C20H36N6O.HI/c1-16-13-17(2)26(24-16)12-8-11-21-20(23-15-19(27)25(3)4)22-14-18-9-6-5-7-10-18;/h13,18H,5-12,14-15H2,1-4H3,(H2,21,22,23);1H. The van der Waals surface area contributed by atoms with Gasteiger partial charge < -0.3 is 15.5 Å². The predicted octanol–water partition coefficient (Wildman–Crippen LogP) is 2.71. The van der Waals surface area contributed by atoms with Gasteiger partial charge in [0, 0.05) is 39.4 Å². The summed E-state index contributed by atoms with van der Waals surface area (Å²) in [6.45, 7) is 6.87. The maximum Gasteiger partial charge on any atom is 0.243 e. The van der Waals surface area contributed by atoms with Crippen LogP contribution >= 0.6 is 24.0 Å². The van der Waals surface area contributed by atoms with Crippen molar-refractivity contribution in [1.82, 2.24) is 25.3 Å². The monoisotopic (exact) mass is 504 g/mol. The number of carbonyl (C=O) groups is 1. The number of hydrogen-bond donors (Lipinski definition) is 2. The number of rotatable bonds is 8. The van der Waals surface area contributed by atoms with E-state index in [9.17, 15) is 4.79 Å². The minimum absolute atomic E-state index is 0. The molecule has 0 bridgehead atoms. The number of aryl methyl sites for hydroxylation is 3. The summed E-state index contributed by atoms with van der Waals surface area (Å²) >= 11 is 0. The molecule has 0 radical (unpaired) electrons. The molecule has 1 saturated carbocycles. The Bertz CT molecular complexity index is 622. The minimum Gasteiger partial charge on any atom is -0.356 e. The second kappa shape index (κ2) is 13.0. The normalized spacial score (nSPS) is 15.1. The average molecular weight is 504 g/mol. The molecule has 160 valence electrons. The summed E-state index contributed by atoms with van der Waals surface area (Å²) in [5.41, 5.74) is 2.24. The van der Waals surface area contributed by atoms with Gasteiger partial charge in [0.15, 0.2) is 5.96 Å². The van der Waals surface area contributed by atoms with Crippen molar-refractivity contribution >= 4 is 35.8 Å². The lowest BCUT2D eigenvalue weighted by Gasteiger charge is -2.23. The SMILES string of the molecule is Cc1cc(C)n(CCCNC(=NCC(=O)N(C)C)NCC2CCCCC2)n1.I. The molecule has 0 saturated heterocycles. The Morgan fingerprint density at radius 3 is 2.57 bits per heavy atom. The van der Waals surface area contributed by atoms with Gasteiger partial charge in [0.25, 0.3) is 0 Å². The second-order valence-corrected chi connectivity index (χ2v) is 7.77. The molecule has 1 fully saturated rings. The summed E-state index contributed by atoms with van der Waals surface area (Å²) in [6.07, 6.45) is 7.54. The highest BCUT2D eigenvalue weighted by molar-refractivity contribution is 14.0. The van der Waals surface area contributed by atoms with Gasteiger partial charge >= 0.3 is 0 Å². The van der Waals surface area contributed by atoms with Gasteiger partial charge in [-0.1, -0.05) is 19.3 Å². The van der Waals surface area contributed by atoms with E-state index < -0.39 is 0 Å². The van der Waals surface area contributed by atoms with Crippen LogP contribution in [0.3, 0.4) is 0 Å². The van der Waals surface area contributed by atoms with Crippen LogP contribution < -0.4 is 10.6 Å². The van der Waals surface area contributed by atoms with Crippen molar-refractivity contribution in [3.8, 4) is 0 Å². The van der Waals surface area contributed by atoms with Crippen LogP contribution in [-0.4, -0.2) is 60.3 Å². The highest BCUT2D eigenvalue weighted by Gasteiger charge is 2.14. The van der Waals surface area contributed by atoms with Crippen LogP contribution in [0.25, 0.3) is 0 Å². The van der Waals surface area contributed by atoms with Crippen molar-refractivity contribution in [1.29, 1.82) is 0 Å². The number of hydrogen-bond acceptors (Lipinski definition) is 3. The molecule has 0 aromatic carbocycles. The van der Waals surface area contributed by atoms with Crippen LogP contribution in [0.2, 0.25) is 0 Å². The minimum atomic E-state index is 0. The number of amides is 1. The first-order valence-corrected chi connectivity index (χ1v) is 10.2. The topological polar surface area (TPSA) is 74.6 Å². The zero-order valence-electron chi connectivity index (χ0n) is 17.8. The molecule has 28 heavy (non-hydrogen) atoms. The molecule has 2 rings (SSSR count). The quantitative estimate of drug-likeness (QED) is 0.247. The van der Waals surface area contributed by atoms with E-state index >= 15 is 0 Å². The highest BCUT2D eigenvalue weighted by Crippen LogP contribution is 2.22. The molecule has 0 atom stereocenters. The first kappa shape index (κ1) is 24.7. The number of carbonyl (C=O) groups excluding carboxylic acids is 1. The lowest BCUT2D eigenvalue weighted by atomic mass is 9.89. The lowest BCUT2D eigenvalue weighted by molar-refractivity contribution is -0.127. The fourth-order valence-electron chi connectivity index (χ4n) is 3.43. The molecular formula is C20H37IN6O. The molecule has 1 aromatic rings. The van der Waals surface area contributed by atoms with Crippen LogP contribution in [0, 0.1) is 19.8 Å². The first-order valence-electron chi connectivity index (χ1n) is 10.2. The van der Waals surface area contributed by atoms with E-state index in [4.69, 9.17) is 0 Å². The van der Waals surface area contributed by atoms with Gasteiger partial charge in [-0.15, -0.1) is 24.0 Å². The maximum atomic E-state index is 11.9. The Hall–Kier alpha value is -1.32. The third kappa shape index (κ3) is 8.79. The highest BCUT2D eigenvalue weighted by atomic mass is 127. The van der Waals surface area contributed by atoms with Crippen LogP contribution in [0.1, 0.15) is 49.9 Å². The Morgan fingerprint density at radius 1 is 1.25 bits per heavy atom. The molecular weight excluding hydrogens is 467 g/mol. The number of likely N-dealkylation sites (N-methyl/N-ethyl adjacent to an activating group) is 1. The lowest BCUT2D eigenvalue weighted by Crippen LogP contribution is -2.41. The number of nitrogens with one attached hydrogen (secondary N) is 2. The van der Waals surface area contributed by atoms with E-state index in [0.717, 1.165) is 37.7 Å². The van der Waals surface area contributed by atoms with Crippen molar-refractivity contribution in [2.75, 3.05) is 33.7 Å². The zero-order valence-corrected chi connectivity index (χ0v) is 20.2. The Kier molecular flexibility index (Phi) is 11.5. The molecule has 1 aliphatic rings. The molecule has 1 aliphatic carbocycles. The molecule has 1 heterocycles. The third-order valence-corrected chi connectivity index (χ3v) is 5.10. The van der Waals surface area contributed by atoms with Crippen LogP contribution in [0.5, 0.6) is 0 Å². The largest absolute Gasteiger partial charge is 0.356 e. The van der Waals surface area contributed by atoms with Crippen molar-refractivity contribution in [3.05, 3.63) is 17.5 Å². The fraction of sp³-hybridized carbons (Fsp3) is 0.750. The maximum absolute atomic E-state index is 11.9. The number of nitrogens with zero attached hydrogens (tertiary/aromatic N) is 4. The van der Waals surface area contributed by atoms with Crippen molar-refractivity contribution in [3.63, 3.8) is 0 Å². The molecule has 1 amide bonds. The summed E-state index contributed by atoms with van der Waals surface area (Å²) in [4.78, 5) is 17.9. The zero-order chi connectivity index (χ0) is 19.6. The Balaban J connectivity index is 0.00000392. The first-order chi connectivity index (χ1) is 13.0. The van der Waals surface area contributed by atoms with Crippen molar-refractivity contribution in [2.24, 2.45) is 10.9 Å². The van der Waals surface area contributed by atoms with E-state index in [0.29, 0.717) is 5.92 Å². The molecule has 8 heteroatoms. The van der Waals surface area contributed by atoms with Crippen molar-refractivity contribution < 1.29 is 4.79 Å². The number of guanidine groups is 1. The van der Waals surface area contributed by atoms with E-state index in [1.54, 1.807) is 19.0 Å². The van der Waals surface area contributed by atoms with Gasteiger partial charge in [-0.05, 0) is 45.1 Å². The van der Waals surface area contributed by atoms with Crippen molar-refractivity contribution in [2.45, 2.75) is 58.9 Å². The fourth-order valence-corrected chi connectivity index (χ4v) is 3.43. The van der Waals surface area contributed by atoms with E-state index in [1.165, 1.54) is 37.8 Å². The number of aromatic nitrogens is 2. The van der Waals surface area contributed by atoms with Gasteiger partial charge in [-0.2, -0.15) is 5.10 Å².